The number of imidazole rings is 1. The van der Waals surface area contributed by atoms with E-state index in [0.29, 0.717) is 13.0 Å². The summed E-state index contributed by atoms with van der Waals surface area (Å²) in [4.78, 5) is 18.9. The third-order valence-corrected chi connectivity index (χ3v) is 2.62. The van der Waals surface area contributed by atoms with Gasteiger partial charge in [-0.2, -0.15) is 0 Å². The number of nitrogens with one attached hydrogen (secondary N) is 2. The molecule has 1 aromatic heterocycles. The summed E-state index contributed by atoms with van der Waals surface area (Å²) in [5, 5.41) is 2.63. The predicted octanol–water partition coefficient (Wildman–Crippen LogP) is 1.53. The van der Waals surface area contributed by atoms with Crippen LogP contribution in [-0.4, -0.2) is 29.5 Å². The molecule has 2 rings (SSSR count). The highest BCUT2D eigenvalue weighted by atomic mass is 19.1. The first kappa shape index (κ1) is 13.1. The number of hydrogen-bond acceptors (Lipinski definition) is 3. The number of rotatable bonds is 5. The molecule has 0 spiro atoms. The Kier molecular flexibility index (Phi) is 4.12. The van der Waals surface area contributed by atoms with Gasteiger partial charge < -0.3 is 15.0 Å². The maximum Gasteiger partial charge on any atom is 0.258 e. The quantitative estimate of drug-likeness (QED) is 0.859. The van der Waals surface area contributed by atoms with E-state index < -0.39 is 11.7 Å². The molecular weight excluding hydrogens is 249 g/mol. The summed E-state index contributed by atoms with van der Waals surface area (Å²) >= 11 is 0. The Bertz CT molecular complexity index is 555. The van der Waals surface area contributed by atoms with Gasteiger partial charge in [-0.05, 0) is 12.1 Å². The van der Waals surface area contributed by atoms with E-state index in [2.05, 4.69) is 15.3 Å². The first-order valence-corrected chi connectivity index (χ1v) is 5.81. The lowest BCUT2D eigenvalue weighted by Crippen LogP contribution is -2.27. The Morgan fingerprint density at radius 1 is 1.53 bits per heavy atom. The lowest BCUT2D eigenvalue weighted by atomic mass is 10.1. The second-order valence-electron chi connectivity index (χ2n) is 3.86. The highest BCUT2D eigenvalue weighted by Crippen LogP contribution is 2.20. The van der Waals surface area contributed by atoms with Gasteiger partial charge in [-0.1, -0.05) is 6.07 Å². The molecule has 0 aliphatic heterocycles. The number of halogens is 1. The first-order chi connectivity index (χ1) is 9.22. The summed E-state index contributed by atoms with van der Waals surface area (Å²) in [5.41, 5.74) is -0.0792. The van der Waals surface area contributed by atoms with Crippen LogP contribution in [0.5, 0.6) is 5.75 Å². The molecule has 0 bridgehead atoms. The van der Waals surface area contributed by atoms with Crippen LogP contribution in [0.3, 0.4) is 0 Å². The summed E-state index contributed by atoms with van der Waals surface area (Å²) in [6, 6.07) is 4.27. The van der Waals surface area contributed by atoms with E-state index in [1.54, 1.807) is 18.5 Å². The van der Waals surface area contributed by atoms with Crippen LogP contribution in [0.4, 0.5) is 4.39 Å². The third kappa shape index (κ3) is 3.09. The fourth-order valence-electron chi connectivity index (χ4n) is 1.71. The molecule has 19 heavy (non-hydrogen) atoms. The van der Waals surface area contributed by atoms with Gasteiger partial charge in [-0.3, -0.25) is 4.79 Å². The van der Waals surface area contributed by atoms with Gasteiger partial charge in [0.05, 0.1) is 7.11 Å². The van der Waals surface area contributed by atoms with E-state index in [-0.39, 0.29) is 11.3 Å². The van der Waals surface area contributed by atoms with Crippen LogP contribution in [0.2, 0.25) is 0 Å². The van der Waals surface area contributed by atoms with Crippen molar-refractivity contribution >= 4 is 5.91 Å². The topological polar surface area (TPSA) is 67.0 Å². The summed E-state index contributed by atoms with van der Waals surface area (Å²) in [6.45, 7) is 0.365. The minimum absolute atomic E-state index is 0.0792. The Balaban J connectivity index is 2.00. The molecule has 0 aliphatic carbocycles. The maximum atomic E-state index is 13.6. The fraction of sp³-hybridized carbons (Fsp3) is 0.231. The molecule has 1 amide bonds. The molecule has 6 heteroatoms. The lowest BCUT2D eigenvalue weighted by molar-refractivity contribution is 0.0946. The zero-order valence-electron chi connectivity index (χ0n) is 10.4. The van der Waals surface area contributed by atoms with E-state index in [9.17, 15) is 9.18 Å². The van der Waals surface area contributed by atoms with Crippen molar-refractivity contribution in [2.45, 2.75) is 6.42 Å². The van der Waals surface area contributed by atoms with Gasteiger partial charge in [-0.25, -0.2) is 9.37 Å². The lowest BCUT2D eigenvalue weighted by Gasteiger charge is -2.09. The number of aromatic amines is 1. The largest absolute Gasteiger partial charge is 0.496 e. The average Bonchev–Trinajstić information content (AvgIpc) is 2.91. The standard InChI is InChI=1S/C13H14FN3O2/c1-19-10-4-2-3-9(14)12(10)13(18)17-6-5-11-15-7-8-16-11/h2-4,7-8H,5-6H2,1H3,(H,15,16)(H,17,18). The van der Waals surface area contributed by atoms with E-state index in [1.165, 1.54) is 19.2 Å². The Morgan fingerprint density at radius 3 is 3.05 bits per heavy atom. The molecule has 2 aromatic rings. The van der Waals surface area contributed by atoms with Gasteiger partial charge in [0.1, 0.15) is 23.0 Å². The molecular formula is C13H14FN3O2. The summed E-state index contributed by atoms with van der Waals surface area (Å²) < 4.78 is 18.6. The van der Waals surface area contributed by atoms with Gasteiger partial charge >= 0.3 is 0 Å². The SMILES string of the molecule is COc1cccc(F)c1C(=O)NCCc1ncc[nH]1. The van der Waals surface area contributed by atoms with Crippen LogP contribution in [0, 0.1) is 5.82 Å². The van der Waals surface area contributed by atoms with Gasteiger partial charge in [-0.15, -0.1) is 0 Å². The van der Waals surface area contributed by atoms with Crippen molar-refractivity contribution in [3.05, 3.63) is 47.8 Å². The molecule has 0 saturated heterocycles. The molecule has 0 aliphatic rings. The smallest absolute Gasteiger partial charge is 0.258 e. The highest BCUT2D eigenvalue weighted by molar-refractivity contribution is 5.97. The van der Waals surface area contributed by atoms with E-state index in [4.69, 9.17) is 4.74 Å². The van der Waals surface area contributed by atoms with E-state index in [1.807, 2.05) is 0 Å². The van der Waals surface area contributed by atoms with Crippen molar-refractivity contribution in [2.24, 2.45) is 0 Å². The number of hydrogen-bond donors (Lipinski definition) is 2. The Labute approximate surface area is 109 Å². The van der Waals surface area contributed by atoms with Crippen LogP contribution >= 0.6 is 0 Å². The Morgan fingerprint density at radius 2 is 2.37 bits per heavy atom. The third-order valence-electron chi connectivity index (χ3n) is 2.62. The van der Waals surface area contributed by atoms with Crippen molar-refractivity contribution in [2.75, 3.05) is 13.7 Å². The monoisotopic (exact) mass is 263 g/mol. The number of benzene rings is 1. The average molecular weight is 263 g/mol. The van der Waals surface area contributed by atoms with Gasteiger partial charge in [0.25, 0.3) is 5.91 Å². The minimum atomic E-state index is -0.602. The molecule has 0 unspecified atom stereocenters. The summed E-state index contributed by atoms with van der Waals surface area (Å²) in [6.07, 6.45) is 3.89. The molecule has 0 radical (unpaired) electrons. The molecule has 1 heterocycles. The van der Waals surface area contributed by atoms with Crippen molar-refractivity contribution in [1.82, 2.24) is 15.3 Å². The number of nitrogens with zero attached hydrogens (tertiary/aromatic N) is 1. The molecule has 0 atom stereocenters. The number of carbonyl (C=O) groups excluding carboxylic acids is 1. The number of amides is 1. The molecule has 1 aromatic carbocycles. The summed E-state index contributed by atoms with van der Waals surface area (Å²) in [5.74, 6) is -0.118. The Hall–Kier alpha value is -2.37. The van der Waals surface area contributed by atoms with Crippen LogP contribution < -0.4 is 10.1 Å². The number of ether oxygens (including phenoxy) is 1. The normalized spacial score (nSPS) is 10.2. The van der Waals surface area contributed by atoms with Crippen molar-refractivity contribution in [1.29, 1.82) is 0 Å². The molecule has 0 fully saturated rings. The van der Waals surface area contributed by atoms with Crippen molar-refractivity contribution < 1.29 is 13.9 Å². The van der Waals surface area contributed by atoms with Gasteiger partial charge in [0.15, 0.2) is 0 Å². The van der Waals surface area contributed by atoms with Crippen molar-refractivity contribution in [3.63, 3.8) is 0 Å². The van der Waals surface area contributed by atoms with Gasteiger partial charge in [0.2, 0.25) is 0 Å². The zero-order valence-corrected chi connectivity index (χ0v) is 10.4. The maximum absolute atomic E-state index is 13.6. The predicted molar refractivity (Wildman–Crippen MR) is 67.6 cm³/mol. The number of aromatic nitrogens is 2. The number of methoxy groups -OCH3 is 1. The molecule has 5 nitrogen and oxygen atoms in total. The zero-order chi connectivity index (χ0) is 13.7. The van der Waals surface area contributed by atoms with Crippen LogP contribution in [0.15, 0.2) is 30.6 Å². The molecule has 0 saturated carbocycles. The highest BCUT2D eigenvalue weighted by Gasteiger charge is 2.16. The van der Waals surface area contributed by atoms with Crippen LogP contribution in [0.25, 0.3) is 0 Å². The van der Waals surface area contributed by atoms with Crippen LogP contribution in [0.1, 0.15) is 16.2 Å². The van der Waals surface area contributed by atoms with Crippen LogP contribution in [-0.2, 0) is 6.42 Å². The van der Waals surface area contributed by atoms with E-state index in [0.717, 1.165) is 5.82 Å². The molecule has 100 valence electrons. The van der Waals surface area contributed by atoms with Crippen molar-refractivity contribution in [3.8, 4) is 5.75 Å². The minimum Gasteiger partial charge on any atom is -0.496 e. The number of H-pyrrole nitrogens is 1. The fourth-order valence-corrected chi connectivity index (χ4v) is 1.71. The molecule has 2 N–H and O–H groups in total. The van der Waals surface area contributed by atoms with E-state index >= 15 is 0 Å². The first-order valence-electron chi connectivity index (χ1n) is 5.81. The second kappa shape index (κ2) is 5.99. The summed E-state index contributed by atoms with van der Waals surface area (Å²) in [7, 11) is 1.40. The second-order valence-corrected chi connectivity index (χ2v) is 3.86. The number of carbonyl (C=O) groups is 1. The van der Waals surface area contributed by atoms with Gasteiger partial charge in [0, 0.05) is 25.4 Å².